The Bertz CT molecular complexity index is 1290. The molecule has 3 aliphatic rings. The fourth-order valence-corrected chi connectivity index (χ4v) is 6.14. The van der Waals surface area contributed by atoms with E-state index in [2.05, 4.69) is 5.32 Å². The number of benzene rings is 2. The third-order valence-corrected chi connectivity index (χ3v) is 8.06. The Kier molecular flexibility index (Phi) is 7.29. The summed E-state index contributed by atoms with van der Waals surface area (Å²) < 4.78 is 16.8. The second-order valence-electron chi connectivity index (χ2n) is 9.96. The molecule has 1 heterocycles. The van der Waals surface area contributed by atoms with Crippen molar-refractivity contribution >= 4 is 23.4 Å². The lowest BCUT2D eigenvalue weighted by molar-refractivity contribution is -0.144. The number of Topliss-reactive ketones (excluding diaryl/α,β-unsaturated/α-hetero) is 1. The summed E-state index contributed by atoms with van der Waals surface area (Å²) in [6.07, 6.45) is 4.75. The molecule has 0 bridgehead atoms. The van der Waals surface area contributed by atoms with E-state index in [0.717, 1.165) is 42.5 Å². The van der Waals surface area contributed by atoms with Gasteiger partial charge in [-0.3, -0.25) is 4.79 Å². The average Bonchev–Trinajstić information content (AvgIpc) is 3.40. The van der Waals surface area contributed by atoms with Crippen LogP contribution in [0.25, 0.3) is 0 Å². The maximum Gasteiger partial charge on any atom is 0.337 e. The van der Waals surface area contributed by atoms with Gasteiger partial charge in [-0.2, -0.15) is 0 Å². The van der Waals surface area contributed by atoms with Gasteiger partial charge in [0, 0.05) is 34.3 Å². The van der Waals surface area contributed by atoms with Crippen molar-refractivity contribution in [2.45, 2.75) is 63.4 Å². The molecule has 0 saturated heterocycles. The van der Waals surface area contributed by atoms with Gasteiger partial charge < -0.3 is 19.5 Å². The zero-order chi connectivity index (χ0) is 26.1. The molecule has 2 atom stereocenters. The Labute approximate surface area is 222 Å². The van der Waals surface area contributed by atoms with Crippen LogP contribution in [-0.4, -0.2) is 32.1 Å². The fourth-order valence-electron chi connectivity index (χ4n) is 5.89. The molecule has 7 heteroatoms. The van der Waals surface area contributed by atoms with Gasteiger partial charge in [0.25, 0.3) is 0 Å². The summed E-state index contributed by atoms with van der Waals surface area (Å²) in [4.78, 5) is 27.4. The molecule has 1 N–H and O–H groups in total. The second-order valence-corrected chi connectivity index (χ2v) is 10.4. The van der Waals surface area contributed by atoms with Crippen LogP contribution in [0.4, 0.5) is 0 Å². The highest BCUT2D eigenvalue weighted by Crippen LogP contribution is 2.48. The van der Waals surface area contributed by atoms with E-state index in [1.165, 1.54) is 0 Å². The van der Waals surface area contributed by atoms with Gasteiger partial charge >= 0.3 is 5.97 Å². The van der Waals surface area contributed by atoms with Crippen molar-refractivity contribution in [3.05, 3.63) is 81.2 Å². The van der Waals surface area contributed by atoms with Crippen molar-refractivity contribution in [3.8, 4) is 11.5 Å². The van der Waals surface area contributed by atoms with E-state index in [1.54, 1.807) is 20.3 Å². The first kappa shape index (κ1) is 25.4. The molecule has 0 aromatic heterocycles. The number of esters is 1. The number of carbonyl (C=O) groups is 2. The van der Waals surface area contributed by atoms with Gasteiger partial charge in [-0.05, 0) is 74.3 Å². The molecule has 1 aliphatic heterocycles. The van der Waals surface area contributed by atoms with E-state index >= 15 is 0 Å². The quantitative estimate of drug-likeness (QED) is 0.456. The molecule has 2 aliphatic carbocycles. The van der Waals surface area contributed by atoms with Crippen molar-refractivity contribution in [1.29, 1.82) is 0 Å². The summed E-state index contributed by atoms with van der Waals surface area (Å²) in [5.74, 6) is 0.293. The first-order chi connectivity index (χ1) is 17.9. The number of halogens is 1. The predicted molar refractivity (Wildman–Crippen MR) is 142 cm³/mol. The third kappa shape index (κ3) is 4.87. The van der Waals surface area contributed by atoms with Crippen LogP contribution in [0.15, 0.2) is 65.0 Å². The second kappa shape index (κ2) is 10.6. The summed E-state index contributed by atoms with van der Waals surface area (Å²) in [6.45, 7) is 1.88. The van der Waals surface area contributed by atoms with Gasteiger partial charge in [0.2, 0.25) is 0 Å². The molecule has 2 aromatic rings. The van der Waals surface area contributed by atoms with Crippen LogP contribution in [-0.2, 0) is 14.3 Å². The van der Waals surface area contributed by atoms with E-state index in [1.807, 2.05) is 43.3 Å². The summed E-state index contributed by atoms with van der Waals surface area (Å²) in [6, 6.07) is 13.2. The molecule has 1 fully saturated rings. The molecule has 0 unspecified atom stereocenters. The number of ketones is 1. The monoisotopic (exact) mass is 521 g/mol. The number of rotatable bonds is 6. The molecule has 5 rings (SSSR count). The van der Waals surface area contributed by atoms with Crippen LogP contribution in [0.1, 0.15) is 68.4 Å². The lowest BCUT2D eigenvalue weighted by Gasteiger charge is -2.37. The van der Waals surface area contributed by atoms with Gasteiger partial charge in [0.05, 0.1) is 19.8 Å². The van der Waals surface area contributed by atoms with E-state index in [9.17, 15) is 9.59 Å². The molecular formula is C30H32ClNO5. The van der Waals surface area contributed by atoms with Crippen LogP contribution >= 0.6 is 11.6 Å². The minimum absolute atomic E-state index is 0.00267. The predicted octanol–water partition coefficient (Wildman–Crippen LogP) is 6.20. The summed E-state index contributed by atoms with van der Waals surface area (Å²) in [7, 11) is 3.20. The number of hydrogen-bond donors (Lipinski definition) is 1. The van der Waals surface area contributed by atoms with Crippen molar-refractivity contribution in [1.82, 2.24) is 5.32 Å². The first-order valence-electron chi connectivity index (χ1n) is 12.8. The van der Waals surface area contributed by atoms with Gasteiger partial charge in [-0.15, -0.1) is 0 Å². The van der Waals surface area contributed by atoms with E-state index < -0.39 is 5.92 Å². The Hall–Kier alpha value is -3.25. The third-order valence-electron chi connectivity index (χ3n) is 7.72. The molecule has 0 amide bonds. The van der Waals surface area contributed by atoms with Crippen LogP contribution < -0.4 is 14.8 Å². The standard InChI is InChI=1S/C30H32ClNO5/c1-17-27(30(34)37-20-8-4-5-9-20)28(21-10-6-7-11-22(21)31)29-23(32-17)14-19(15-24(29)33)18-12-13-25(35-2)26(16-18)36-3/h6-7,10-13,16,19-20,28,32H,4-5,8-9,14-15H2,1-3H3/t19-,28-/m0/s1. The Morgan fingerprint density at radius 3 is 2.43 bits per heavy atom. The molecule has 1 saturated carbocycles. The Morgan fingerprint density at radius 2 is 1.73 bits per heavy atom. The van der Waals surface area contributed by atoms with Gasteiger partial charge in [-0.25, -0.2) is 4.79 Å². The Balaban J connectivity index is 1.54. The van der Waals surface area contributed by atoms with E-state index in [0.29, 0.717) is 46.2 Å². The molecule has 0 radical (unpaired) electrons. The van der Waals surface area contributed by atoms with Crippen LogP contribution in [0.2, 0.25) is 5.02 Å². The van der Waals surface area contributed by atoms with E-state index in [-0.39, 0.29) is 23.8 Å². The number of ether oxygens (including phenoxy) is 3. The van der Waals surface area contributed by atoms with Gasteiger partial charge in [0.1, 0.15) is 6.10 Å². The van der Waals surface area contributed by atoms with Crippen molar-refractivity contribution < 1.29 is 23.8 Å². The van der Waals surface area contributed by atoms with Crippen molar-refractivity contribution in [2.75, 3.05) is 14.2 Å². The first-order valence-corrected chi connectivity index (χ1v) is 13.2. The molecule has 194 valence electrons. The minimum Gasteiger partial charge on any atom is -0.493 e. The lowest BCUT2D eigenvalue weighted by Crippen LogP contribution is -2.36. The SMILES string of the molecule is COc1ccc([C@@H]2CC(=O)C3=C(C2)NC(C)=C(C(=O)OC2CCCC2)[C@@H]3c2ccccc2Cl)cc1OC. The van der Waals surface area contributed by atoms with E-state index in [4.69, 9.17) is 25.8 Å². The molecule has 2 aromatic carbocycles. The van der Waals surface area contributed by atoms with Crippen LogP contribution in [0, 0.1) is 0 Å². The minimum atomic E-state index is -0.572. The lowest BCUT2D eigenvalue weighted by atomic mass is 9.71. The maximum atomic E-state index is 13.8. The maximum absolute atomic E-state index is 13.8. The number of hydrogen-bond acceptors (Lipinski definition) is 6. The Morgan fingerprint density at radius 1 is 1.00 bits per heavy atom. The largest absolute Gasteiger partial charge is 0.493 e. The summed E-state index contributed by atoms with van der Waals surface area (Å²) >= 11 is 6.66. The zero-order valence-electron chi connectivity index (χ0n) is 21.4. The highest BCUT2D eigenvalue weighted by molar-refractivity contribution is 6.31. The number of dihydropyridines is 1. The summed E-state index contributed by atoms with van der Waals surface area (Å²) in [5.41, 5.74) is 4.35. The highest BCUT2D eigenvalue weighted by Gasteiger charge is 2.42. The van der Waals surface area contributed by atoms with Crippen molar-refractivity contribution in [2.24, 2.45) is 0 Å². The molecule has 0 spiro atoms. The normalized spacial score (nSPS) is 22.0. The topological polar surface area (TPSA) is 73.9 Å². The summed E-state index contributed by atoms with van der Waals surface area (Å²) in [5, 5.41) is 3.94. The van der Waals surface area contributed by atoms with Crippen LogP contribution in [0.3, 0.4) is 0 Å². The molecule has 37 heavy (non-hydrogen) atoms. The molecular weight excluding hydrogens is 490 g/mol. The van der Waals surface area contributed by atoms with Crippen LogP contribution in [0.5, 0.6) is 11.5 Å². The fraction of sp³-hybridized carbons (Fsp3) is 0.400. The number of carbonyl (C=O) groups excluding carboxylic acids is 2. The van der Waals surface area contributed by atoms with Gasteiger partial charge in [0.15, 0.2) is 17.3 Å². The number of allylic oxidation sites excluding steroid dienone is 3. The van der Waals surface area contributed by atoms with Gasteiger partial charge in [-0.1, -0.05) is 35.9 Å². The zero-order valence-corrected chi connectivity index (χ0v) is 22.2. The average molecular weight is 522 g/mol. The number of nitrogens with one attached hydrogen (secondary N) is 1. The molecule has 6 nitrogen and oxygen atoms in total. The smallest absolute Gasteiger partial charge is 0.337 e. The number of methoxy groups -OCH3 is 2. The van der Waals surface area contributed by atoms with Crippen molar-refractivity contribution in [3.63, 3.8) is 0 Å². The highest BCUT2D eigenvalue weighted by atomic mass is 35.5.